The third-order valence-corrected chi connectivity index (χ3v) is 5.84. The number of aryl methyl sites for hydroxylation is 2. The number of aromatic nitrogens is 2. The van der Waals surface area contributed by atoms with Crippen LogP contribution in [0.5, 0.6) is 0 Å². The van der Waals surface area contributed by atoms with Gasteiger partial charge in [-0.15, -0.1) is 0 Å². The highest BCUT2D eigenvalue weighted by atomic mass is 19.1. The summed E-state index contributed by atoms with van der Waals surface area (Å²) >= 11 is 0. The molecule has 1 aliphatic heterocycles. The molecule has 0 aliphatic carbocycles. The second-order valence-electron chi connectivity index (χ2n) is 8.03. The summed E-state index contributed by atoms with van der Waals surface area (Å²) in [6.07, 6.45) is 0.760. The fourth-order valence-electron chi connectivity index (χ4n) is 4.12. The zero-order valence-corrected chi connectivity index (χ0v) is 19.2. The van der Waals surface area contributed by atoms with E-state index in [1.165, 1.54) is 14.2 Å². The number of urea groups is 1. The highest BCUT2D eigenvalue weighted by Crippen LogP contribution is 2.38. The third-order valence-electron chi connectivity index (χ3n) is 5.84. The zero-order chi connectivity index (χ0) is 23.6. The predicted octanol–water partition coefficient (Wildman–Crippen LogP) is 2.83. The van der Waals surface area contributed by atoms with Crippen molar-refractivity contribution in [2.75, 3.05) is 26.1 Å². The predicted molar refractivity (Wildman–Crippen MR) is 117 cm³/mol. The number of amides is 3. The first kappa shape index (κ1) is 23.7. The molecule has 2 heterocycles. The van der Waals surface area contributed by atoms with Gasteiger partial charge < -0.3 is 19.7 Å². The molecule has 1 aliphatic rings. The number of carbonyl (C=O) groups is 2. The van der Waals surface area contributed by atoms with Gasteiger partial charge in [0.2, 0.25) is 6.41 Å². The van der Waals surface area contributed by atoms with E-state index < -0.39 is 12.3 Å². The van der Waals surface area contributed by atoms with Crippen LogP contribution in [0.15, 0.2) is 12.1 Å². The molecule has 2 N–H and O–H groups in total. The van der Waals surface area contributed by atoms with Crippen LogP contribution in [0.25, 0.3) is 5.69 Å². The van der Waals surface area contributed by atoms with E-state index in [9.17, 15) is 14.0 Å². The average Bonchev–Trinajstić information content (AvgIpc) is 3.10. The minimum atomic E-state index is -0.590. The van der Waals surface area contributed by atoms with E-state index in [2.05, 4.69) is 10.6 Å². The summed E-state index contributed by atoms with van der Waals surface area (Å²) in [5.41, 5.74) is 3.10. The smallest absolute Gasteiger partial charge is 0.320 e. The molecule has 32 heavy (non-hydrogen) atoms. The van der Waals surface area contributed by atoms with Gasteiger partial charge in [-0.3, -0.25) is 10.1 Å². The van der Waals surface area contributed by atoms with Gasteiger partial charge in [0.25, 0.3) is 0 Å². The Kier molecular flexibility index (Phi) is 7.15. The molecule has 0 fully saturated rings. The Hall–Kier alpha value is -2.98. The first-order chi connectivity index (χ1) is 15.2. The molecule has 0 saturated heterocycles. The number of ether oxygens (including phenoxy) is 2. The van der Waals surface area contributed by atoms with Crippen LogP contribution in [0.3, 0.4) is 0 Å². The summed E-state index contributed by atoms with van der Waals surface area (Å²) in [7, 11) is 2.96. The number of nitrogens with one attached hydrogen (secondary N) is 2. The van der Waals surface area contributed by atoms with Crippen molar-refractivity contribution in [3.05, 3.63) is 40.3 Å². The Morgan fingerprint density at radius 2 is 1.91 bits per heavy atom. The van der Waals surface area contributed by atoms with Crippen LogP contribution >= 0.6 is 0 Å². The third kappa shape index (κ3) is 4.46. The number of benzene rings is 1. The highest BCUT2D eigenvalue weighted by molar-refractivity contribution is 5.90. The van der Waals surface area contributed by atoms with Gasteiger partial charge in [0, 0.05) is 32.2 Å². The minimum Gasteiger partial charge on any atom is -0.354 e. The van der Waals surface area contributed by atoms with Crippen molar-refractivity contribution in [2.45, 2.75) is 52.5 Å². The summed E-state index contributed by atoms with van der Waals surface area (Å²) in [4.78, 5) is 26.1. The van der Waals surface area contributed by atoms with Gasteiger partial charge in [0.15, 0.2) is 6.29 Å². The molecule has 3 rings (SSSR count). The first-order valence-electron chi connectivity index (χ1n) is 10.4. The maximum atomic E-state index is 14.2. The van der Waals surface area contributed by atoms with Crippen LogP contribution < -0.4 is 10.6 Å². The largest absolute Gasteiger partial charge is 0.354 e. The topological polar surface area (TPSA) is 97.7 Å². The lowest BCUT2D eigenvalue weighted by atomic mass is 9.95. The summed E-state index contributed by atoms with van der Waals surface area (Å²) in [5.74, 6) is 0.151. The van der Waals surface area contributed by atoms with Gasteiger partial charge in [0.05, 0.1) is 24.0 Å². The lowest BCUT2D eigenvalue weighted by Gasteiger charge is -2.35. The van der Waals surface area contributed by atoms with Crippen molar-refractivity contribution in [3.8, 4) is 5.69 Å². The van der Waals surface area contributed by atoms with E-state index >= 15 is 0 Å². The van der Waals surface area contributed by atoms with Gasteiger partial charge in [-0.2, -0.15) is 5.10 Å². The summed E-state index contributed by atoms with van der Waals surface area (Å²) in [5, 5.41) is 10.3. The monoisotopic (exact) mass is 447 g/mol. The molecule has 10 heteroatoms. The number of hydrogen-bond acceptors (Lipinski definition) is 5. The molecule has 3 amide bonds. The number of rotatable bonds is 7. The Balaban J connectivity index is 2.05. The molecule has 2 atom stereocenters. The van der Waals surface area contributed by atoms with E-state index in [-0.39, 0.29) is 24.4 Å². The molecule has 9 nitrogen and oxygen atoms in total. The maximum absolute atomic E-state index is 14.2. The second-order valence-corrected chi connectivity index (χ2v) is 8.03. The van der Waals surface area contributed by atoms with E-state index in [1.807, 2.05) is 13.8 Å². The van der Waals surface area contributed by atoms with Gasteiger partial charge in [0.1, 0.15) is 11.6 Å². The van der Waals surface area contributed by atoms with Crippen LogP contribution in [0.1, 0.15) is 42.3 Å². The number of anilines is 1. The number of hydrogen-bond donors (Lipinski definition) is 2. The second kappa shape index (κ2) is 9.66. The quantitative estimate of drug-likeness (QED) is 0.503. The molecule has 1 aromatic carbocycles. The van der Waals surface area contributed by atoms with Gasteiger partial charge in [-0.05, 0) is 51.0 Å². The number of fused-ring (bicyclic) bond motifs is 1. The molecule has 0 bridgehead atoms. The Bertz CT molecular complexity index is 981. The first-order valence-corrected chi connectivity index (χ1v) is 10.4. The van der Waals surface area contributed by atoms with Crippen LogP contribution in [0.2, 0.25) is 0 Å². The van der Waals surface area contributed by atoms with Crippen molar-refractivity contribution < 1.29 is 23.5 Å². The van der Waals surface area contributed by atoms with Crippen molar-refractivity contribution in [2.24, 2.45) is 0 Å². The normalized spacial score (nSPS) is 17.9. The molecule has 0 saturated carbocycles. The summed E-state index contributed by atoms with van der Waals surface area (Å²) in [6, 6.07) is 2.54. The molecular formula is C22H30FN5O4. The Labute approximate surface area is 186 Å². The lowest BCUT2D eigenvalue weighted by molar-refractivity contribution is -0.122. The fraction of sp³-hybridized carbons (Fsp3) is 0.500. The van der Waals surface area contributed by atoms with Crippen molar-refractivity contribution >= 4 is 18.3 Å². The number of halogens is 1. The zero-order valence-electron chi connectivity index (χ0n) is 19.2. The van der Waals surface area contributed by atoms with E-state index in [4.69, 9.17) is 14.6 Å². The minimum absolute atomic E-state index is 0.0409. The highest BCUT2D eigenvalue weighted by Gasteiger charge is 2.35. The van der Waals surface area contributed by atoms with Crippen LogP contribution in [0.4, 0.5) is 15.0 Å². The number of carbonyl (C=O) groups excluding carboxylic acids is 2. The molecule has 1 aromatic heterocycles. The number of nitrogens with zero attached hydrogens (tertiary/aromatic N) is 3. The van der Waals surface area contributed by atoms with Gasteiger partial charge in [-0.25, -0.2) is 13.9 Å². The van der Waals surface area contributed by atoms with E-state index in [0.717, 1.165) is 17.7 Å². The molecule has 174 valence electrons. The molecule has 0 radical (unpaired) electrons. The van der Waals surface area contributed by atoms with Crippen LogP contribution in [0, 0.1) is 19.7 Å². The fourth-order valence-corrected chi connectivity index (χ4v) is 4.12. The van der Waals surface area contributed by atoms with Gasteiger partial charge in [-0.1, -0.05) is 0 Å². The molecule has 0 spiro atoms. The summed E-state index contributed by atoms with van der Waals surface area (Å²) < 4.78 is 26.0. The maximum Gasteiger partial charge on any atom is 0.320 e. The average molecular weight is 448 g/mol. The number of methoxy groups -OCH3 is 2. The standard InChI is InChI=1S/C22H30FN5O4/c1-12-7-16(8-13(2)20(12)23)28-21(25-22(30)24-10-18(31-5)32-6)19-15(4)27(11-29)14(3)9-17(19)26-28/h7-8,11,14-15,18H,9-10H2,1-6H3,(H2,24,25,30)/t14?,15-/m0/s1. The van der Waals surface area contributed by atoms with Crippen molar-refractivity contribution in [1.82, 2.24) is 20.0 Å². The summed E-state index contributed by atoms with van der Waals surface area (Å²) in [6.45, 7) is 7.35. The van der Waals surface area contributed by atoms with E-state index in [0.29, 0.717) is 29.1 Å². The molecule has 1 unspecified atom stereocenters. The van der Waals surface area contributed by atoms with Crippen LogP contribution in [-0.2, 0) is 20.7 Å². The van der Waals surface area contributed by atoms with E-state index in [1.54, 1.807) is 35.6 Å². The van der Waals surface area contributed by atoms with Gasteiger partial charge >= 0.3 is 6.03 Å². The lowest BCUT2D eigenvalue weighted by Crippen LogP contribution is -2.40. The van der Waals surface area contributed by atoms with Crippen molar-refractivity contribution in [1.29, 1.82) is 0 Å². The Morgan fingerprint density at radius 3 is 2.47 bits per heavy atom. The molecule has 2 aromatic rings. The Morgan fingerprint density at radius 1 is 1.28 bits per heavy atom. The molecular weight excluding hydrogens is 417 g/mol. The SMILES string of the molecule is COC(CNC(=O)Nc1c2c(nn1-c1cc(C)c(F)c(C)c1)CC(C)N(C=O)[C@H]2C)OC. The van der Waals surface area contributed by atoms with Crippen molar-refractivity contribution in [3.63, 3.8) is 0 Å². The van der Waals surface area contributed by atoms with Crippen LogP contribution in [-0.4, -0.2) is 60.2 Å².